The number of nitrogens with zero attached hydrogens (tertiary/aromatic N) is 3. The minimum Gasteiger partial charge on any atom is -0.384 e. The van der Waals surface area contributed by atoms with Crippen molar-refractivity contribution in [3.63, 3.8) is 0 Å². The van der Waals surface area contributed by atoms with Crippen LogP contribution in [0.15, 0.2) is 66.7 Å². The molecule has 37 heavy (non-hydrogen) atoms. The molecule has 0 saturated carbocycles. The molecule has 0 aromatic heterocycles. The van der Waals surface area contributed by atoms with E-state index in [1.54, 1.807) is 6.08 Å². The molecule has 5 heteroatoms. The van der Waals surface area contributed by atoms with E-state index in [4.69, 9.17) is 0 Å². The standard InChI is InChI=1S/C32H40N4O/c1-24-19-25(2)21-28(20-24)27-10-11-31(36-17-15-35(5)16-18-36)30(23-27)32(37)12-9-26-7-6-8-29(22-26)33-13-14-34(3)4/h6-12,19-23,33H,13-18H2,1-5H3/b12-9+. The number of hydrogen-bond donors (Lipinski definition) is 1. The highest BCUT2D eigenvalue weighted by atomic mass is 16.1. The van der Waals surface area contributed by atoms with Crippen molar-refractivity contribution in [2.24, 2.45) is 0 Å². The van der Waals surface area contributed by atoms with Crippen molar-refractivity contribution in [2.45, 2.75) is 13.8 Å². The van der Waals surface area contributed by atoms with Crippen LogP contribution < -0.4 is 10.2 Å². The molecule has 0 amide bonds. The molecular weight excluding hydrogens is 456 g/mol. The van der Waals surface area contributed by atoms with Crippen LogP contribution in [0.5, 0.6) is 0 Å². The van der Waals surface area contributed by atoms with E-state index >= 15 is 0 Å². The fourth-order valence-electron chi connectivity index (χ4n) is 4.82. The van der Waals surface area contributed by atoms with Crippen LogP contribution in [-0.2, 0) is 0 Å². The second-order valence-electron chi connectivity index (χ2n) is 10.5. The maximum absolute atomic E-state index is 13.7. The maximum atomic E-state index is 13.7. The lowest BCUT2D eigenvalue weighted by atomic mass is 9.96. The summed E-state index contributed by atoms with van der Waals surface area (Å²) in [5, 5.41) is 3.45. The third-order valence-corrected chi connectivity index (χ3v) is 6.86. The van der Waals surface area contributed by atoms with Crippen molar-refractivity contribution in [3.8, 4) is 11.1 Å². The molecule has 1 aliphatic heterocycles. The second-order valence-corrected chi connectivity index (χ2v) is 10.5. The lowest BCUT2D eigenvalue weighted by Crippen LogP contribution is -2.45. The number of benzene rings is 3. The molecule has 0 radical (unpaired) electrons. The van der Waals surface area contributed by atoms with Gasteiger partial charge < -0.3 is 20.0 Å². The number of rotatable bonds is 9. The number of nitrogens with one attached hydrogen (secondary N) is 1. The zero-order valence-electron chi connectivity index (χ0n) is 22.9. The fraction of sp³-hybridized carbons (Fsp3) is 0.344. The molecule has 1 fully saturated rings. The Morgan fingerprint density at radius 3 is 2.35 bits per heavy atom. The van der Waals surface area contributed by atoms with Gasteiger partial charge in [-0.25, -0.2) is 0 Å². The summed E-state index contributed by atoms with van der Waals surface area (Å²) in [6.45, 7) is 9.91. The molecule has 5 nitrogen and oxygen atoms in total. The first-order chi connectivity index (χ1) is 17.8. The van der Waals surface area contributed by atoms with Gasteiger partial charge in [0.1, 0.15) is 0 Å². The topological polar surface area (TPSA) is 38.8 Å². The summed E-state index contributed by atoms with van der Waals surface area (Å²) in [7, 11) is 6.29. The van der Waals surface area contributed by atoms with Crippen LogP contribution in [0.3, 0.4) is 0 Å². The van der Waals surface area contributed by atoms with E-state index in [-0.39, 0.29) is 5.78 Å². The van der Waals surface area contributed by atoms with E-state index < -0.39 is 0 Å². The number of anilines is 2. The Bertz CT molecular complexity index is 1240. The predicted molar refractivity (Wildman–Crippen MR) is 158 cm³/mol. The molecule has 3 aromatic rings. The van der Waals surface area contributed by atoms with Gasteiger partial charge in [0.05, 0.1) is 0 Å². The zero-order valence-corrected chi connectivity index (χ0v) is 22.9. The van der Waals surface area contributed by atoms with Gasteiger partial charge in [-0.1, -0.05) is 53.6 Å². The summed E-state index contributed by atoms with van der Waals surface area (Å²) in [5.41, 5.74) is 8.54. The Morgan fingerprint density at radius 2 is 1.65 bits per heavy atom. The number of piperazine rings is 1. The molecule has 3 aromatic carbocycles. The number of hydrogen-bond acceptors (Lipinski definition) is 5. The molecule has 194 valence electrons. The second kappa shape index (κ2) is 12.2. The molecule has 0 bridgehead atoms. The van der Waals surface area contributed by atoms with Gasteiger partial charge in [-0.2, -0.15) is 0 Å². The molecule has 1 aliphatic rings. The summed E-state index contributed by atoms with van der Waals surface area (Å²) >= 11 is 0. The van der Waals surface area contributed by atoms with Crippen molar-refractivity contribution in [2.75, 3.05) is 70.6 Å². The lowest BCUT2D eigenvalue weighted by Gasteiger charge is -2.35. The van der Waals surface area contributed by atoms with Crippen LogP contribution in [0.25, 0.3) is 17.2 Å². The van der Waals surface area contributed by atoms with Gasteiger partial charge in [0.2, 0.25) is 0 Å². The van der Waals surface area contributed by atoms with Gasteiger partial charge >= 0.3 is 0 Å². The van der Waals surface area contributed by atoms with Crippen LogP contribution >= 0.6 is 0 Å². The summed E-state index contributed by atoms with van der Waals surface area (Å²) in [5.74, 6) is 0.0334. The van der Waals surface area contributed by atoms with E-state index in [0.29, 0.717) is 0 Å². The van der Waals surface area contributed by atoms with Crippen molar-refractivity contribution >= 4 is 23.2 Å². The van der Waals surface area contributed by atoms with Crippen molar-refractivity contribution in [1.29, 1.82) is 0 Å². The van der Waals surface area contributed by atoms with E-state index in [9.17, 15) is 4.79 Å². The largest absolute Gasteiger partial charge is 0.384 e. The Balaban J connectivity index is 1.62. The number of ketones is 1. The van der Waals surface area contributed by atoms with Gasteiger partial charge in [-0.15, -0.1) is 0 Å². The molecule has 1 N–H and O–H groups in total. The Labute approximate surface area is 222 Å². The molecule has 0 atom stereocenters. The van der Waals surface area contributed by atoms with Gasteiger partial charge in [0.15, 0.2) is 5.78 Å². The molecular formula is C32H40N4O. The minimum atomic E-state index is 0.0334. The third kappa shape index (κ3) is 7.31. The van der Waals surface area contributed by atoms with Gasteiger partial charge in [-0.3, -0.25) is 4.79 Å². The van der Waals surface area contributed by atoms with E-state index in [1.807, 2.05) is 18.2 Å². The summed E-state index contributed by atoms with van der Waals surface area (Å²) in [6.07, 6.45) is 3.65. The third-order valence-electron chi connectivity index (χ3n) is 6.86. The molecule has 4 rings (SSSR count). The predicted octanol–water partition coefficient (Wildman–Crippen LogP) is 5.59. The first-order valence-corrected chi connectivity index (χ1v) is 13.2. The van der Waals surface area contributed by atoms with Crippen LogP contribution in [0.4, 0.5) is 11.4 Å². The highest BCUT2D eigenvalue weighted by Crippen LogP contribution is 2.30. The number of carbonyl (C=O) groups is 1. The van der Waals surface area contributed by atoms with Crippen LogP contribution in [-0.4, -0.2) is 76.0 Å². The maximum Gasteiger partial charge on any atom is 0.187 e. The Kier molecular flexibility index (Phi) is 8.80. The number of carbonyl (C=O) groups excluding carboxylic acids is 1. The minimum absolute atomic E-state index is 0.0334. The van der Waals surface area contributed by atoms with E-state index in [0.717, 1.165) is 72.9 Å². The van der Waals surface area contributed by atoms with Crippen molar-refractivity contribution in [1.82, 2.24) is 9.80 Å². The fourth-order valence-corrected chi connectivity index (χ4v) is 4.82. The monoisotopic (exact) mass is 496 g/mol. The lowest BCUT2D eigenvalue weighted by molar-refractivity contribution is 0.104. The van der Waals surface area contributed by atoms with E-state index in [1.165, 1.54) is 11.1 Å². The molecule has 0 spiro atoms. The number of likely N-dealkylation sites (N-methyl/N-ethyl adjacent to an activating group) is 2. The van der Waals surface area contributed by atoms with Crippen molar-refractivity contribution < 1.29 is 4.79 Å². The number of aryl methyl sites for hydroxylation is 2. The molecule has 1 saturated heterocycles. The first-order valence-electron chi connectivity index (χ1n) is 13.2. The summed E-state index contributed by atoms with van der Waals surface area (Å²) in [4.78, 5) is 20.5. The summed E-state index contributed by atoms with van der Waals surface area (Å²) < 4.78 is 0. The highest BCUT2D eigenvalue weighted by Gasteiger charge is 2.20. The average Bonchev–Trinajstić information content (AvgIpc) is 2.87. The Morgan fingerprint density at radius 1 is 0.919 bits per heavy atom. The molecule has 0 aliphatic carbocycles. The average molecular weight is 497 g/mol. The van der Waals surface area contributed by atoms with Gasteiger partial charge in [-0.05, 0) is 82.0 Å². The van der Waals surface area contributed by atoms with Crippen LogP contribution in [0.1, 0.15) is 27.0 Å². The normalized spacial score (nSPS) is 14.5. The van der Waals surface area contributed by atoms with Gasteiger partial charge in [0, 0.05) is 56.2 Å². The van der Waals surface area contributed by atoms with Crippen molar-refractivity contribution in [3.05, 3.63) is 89.0 Å². The smallest absolute Gasteiger partial charge is 0.187 e. The summed E-state index contributed by atoms with van der Waals surface area (Å²) in [6, 6.07) is 21.1. The zero-order chi connectivity index (χ0) is 26.4. The Hall–Kier alpha value is -3.41. The van der Waals surface area contributed by atoms with E-state index in [2.05, 4.69) is 104 Å². The molecule has 0 unspecified atom stereocenters. The van der Waals surface area contributed by atoms with Crippen LogP contribution in [0.2, 0.25) is 0 Å². The number of allylic oxidation sites excluding steroid dienone is 1. The molecule has 1 heterocycles. The first kappa shape index (κ1) is 26.6. The quantitative estimate of drug-likeness (QED) is 0.309. The van der Waals surface area contributed by atoms with Gasteiger partial charge in [0.25, 0.3) is 0 Å². The van der Waals surface area contributed by atoms with Crippen LogP contribution in [0, 0.1) is 13.8 Å². The SMILES string of the molecule is Cc1cc(C)cc(-c2ccc(N3CCN(C)CC3)c(C(=O)/C=C/c3cccc(NCCN(C)C)c3)c2)c1. The highest BCUT2D eigenvalue weighted by molar-refractivity contribution is 6.11.